The van der Waals surface area contributed by atoms with Crippen molar-refractivity contribution in [2.24, 2.45) is 0 Å². The number of methoxy groups -OCH3 is 1. The molecule has 8 nitrogen and oxygen atoms in total. The summed E-state index contributed by atoms with van der Waals surface area (Å²) in [4.78, 5) is 16.7. The highest BCUT2D eigenvalue weighted by Gasteiger charge is 2.12. The standard InChI is InChI=1S/C19H15N.2C13H10O.C12H12O.C12H12.2C9H8N2/c1-14-11-12-17-16-9-5-6-10-18(16)20(19(17)13-14)15-7-3-2-4-8-15;1-9-6-7-13-11(8-9)10-4-2-3-5-12(10)14-13;1-9-6-7-11-10-4-2-3-5-12(10)14-13(11)8-9;1-9-3-4-11-8-12(13-2)6-5-10(11)7-9;1-9-7-8-10(2)12-6-4-3-5-11(9)12;1-7-2-3-8-9(6-7)11-5-4-10-8;1-7-3-2-4-8-9(7)11-6-5-10-8/h2-13H,1H3;2*2-8H,1H3;3-8H,1-2H3;3-8H,1-2H3;2*2-6H,1H3. The van der Waals surface area contributed by atoms with Gasteiger partial charge in [0.2, 0.25) is 0 Å². The highest BCUT2D eigenvalue weighted by atomic mass is 16.5. The molecule has 13 aromatic carbocycles. The van der Waals surface area contributed by atoms with Crippen molar-refractivity contribution in [2.75, 3.05) is 7.11 Å². The second kappa shape index (κ2) is 29.3. The molecule has 0 saturated carbocycles. The van der Waals surface area contributed by atoms with Gasteiger partial charge in [-0.3, -0.25) is 19.9 Å². The second-order valence-electron chi connectivity index (χ2n) is 23.9. The fourth-order valence-electron chi connectivity index (χ4n) is 11.9. The Bertz CT molecular complexity index is 5610. The molecular formula is C87H75N5O3. The van der Waals surface area contributed by atoms with Crippen molar-refractivity contribution in [1.82, 2.24) is 24.5 Å². The number of aryl methyl sites for hydroxylation is 8. The van der Waals surface area contributed by atoms with E-state index in [0.29, 0.717) is 0 Å². The summed E-state index contributed by atoms with van der Waals surface area (Å²) in [5.41, 5.74) is 21.7. The number of rotatable bonds is 2. The first-order chi connectivity index (χ1) is 46.3. The molecule has 0 aliphatic heterocycles. The fraction of sp³-hybridized carbons (Fsp3) is 0.103. The Morgan fingerprint density at radius 3 is 1.47 bits per heavy atom. The molecule has 0 aliphatic carbocycles. The van der Waals surface area contributed by atoms with E-state index in [1.54, 1.807) is 31.9 Å². The van der Waals surface area contributed by atoms with E-state index in [2.05, 4.69) is 248 Å². The number of aromatic nitrogens is 5. The molecule has 18 rings (SSSR count). The van der Waals surface area contributed by atoms with Gasteiger partial charge in [-0.2, -0.15) is 0 Å². The third-order valence-corrected chi connectivity index (χ3v) is 16.8. The average Bonchev–Trinajstić information content (AvgIpc) is 1.61. The van der Waals surface area contributed by atoms with Crippen molar-refractivity contribution in [2.45, 2.75) is 55.4 Å². The predicted octanol–water partition coefficient (Wildman–Crippen LogP) is 23.4. The molecule has 0 unspecified atom stereocenters. The maximum atomic E-state index is 5.73. The Balaban J connectivity index is 0.000000107. The highest BCUT2D eigenvalue weighted by molar-refractivity contribution is 6.10. The monoisotopic (exact) mass is 1240 g/mol. The Hall–Kier alpha value is -11.7. The number of furan rings is 2. The van der Waals surface area contributed by atoms with E-state index in [4.69, 9.17) is 13.6 Å². The summed E-state index contributed by atoms with van der Waals surface area (Å²) in [7, 11) is 1.69. The SMILES string of the molecule is COc1ccc2cc(C)ccc2c1.Cc1ccc(C)c2ccccc12.Cc1ccc2c(c1)oc1ccccc12.Cc1ccc2c3ccccc3n(-c3ccccc3)c2c1.Cc1ccc2nccnc2c1.Cc1ccc2oc3ccccc3c2c1.Cc1cccc2nccnc12. The molecule has 0 N–H and O–H groups in total. The minimum absolute atomic E-state index is 0.913. The lowest BCUT2D eigenvalue weighted by molar-refractivity contribution is 0.415. The van der Waals surface area contributed by atoms with E-state index in [1.165, 1.54) is 115 Å². The van der Waals surface area contributed by atoms with Crippen LogP contribution < -0.4 is 4.74 Å². The second-order valence-corrected chi connectivity index (χ2v) is 23.9. The van der Waals surface area contributed by atoms with Crippen molar-refractivity contribution in [3.05, 3.63) is 336 Å². The quantitative estimate of drug-likeness (QED) is 0.170. The summed E-state index contributed by atoms with van der Waals surface area (Å²) in [5, 5.41) is 12.7. The van der Waals surface area contributed by atoms with Crippen LogP contribution in [0.2, 0.25) is 0 Å². The molecule has 0 radical (unpaired) electrons. The summed E-state index contributed by atoms with van der Waals surface area (Å²) in [6.45, 7) is 16.8. The zero-order valence-electron chi connectivity index (χ0n) is 55.2. The first kappa shape index (κ1) is 63.4. The predicted molar refractivity (Wildman–Crippen MR) is 400 cm³/mol. The van der Waals surface area contributed by atoms with Crippen molar-refractivity contribution >= 4 is 109 Å². The number of nitrogens with zero attached hydrogens (tertiary/aromatic N) is 5. The Kier molecular flexibility index (Phi) is 19.5. The van der Waals surface area contributed by atoms with E-state index in [9.17, 15) is 0 Å². The summed E-state index contributed by atoms with van der Waals surface area (Å²) in [5.74, 6) is 0.913. The highest BCUT2D eigenvalue weighted by Crippen LogP contribution is 2.34. The van der Waals surface area contributed by atoms with Crippen LogP contribution in [0.3, 0.4) is 0 Å². The molecular weight excluding hydrogens is 1160 g/mol. The third-order valence-electron chi connectivity index (χ3n) is 16.8. The lowest BCUT2D eigenvalue weighted by Crippen LogP contribution is -1.92. The molecule has 18 aromatic rings. The number of fused-ring (bicyclic) bond motifs is 13. The van der Waals surface area contributed by atoms with Crippen molar-refractivity contribution in [3.8, 4) is 11.4 Å². The summed E-state index contributed by atoms with van der Waals surface area (Å²) >= 11 is 0. The van der Waals surface area contributed by atoms with Crippen LogP contribution in [0.25, 0.3) is 115 Å². The molecule has 0 fully saturated rings. The van der Waals surface area contributed by atoms with Crippen LogP contribution >= 0.6 is 0 Å². The smallest absolute Gasteiger partial charge is 0.135 e. The van der Waals surface area contributed by atoms with Gasteiger partial charge in [0.1, 0.15) is 28.1 Å². The molecule has 466 valence electrons. The first-order valence-electron chi connectivity index (χ1n) is 32.0. The van der Waals surface area contributed by atoms with E-state index in [1.807, 2.05) is 98.8 Å². The van der Waals surface area contributed by atoms with Gasteiger partial charge in [-0.15, -0.1) is 0 Å². The van der Waals surface area contributed by atoms with Crippen molar-refractivity contribution in [3.63, 3.8) is 0 Å². The molecule has 5 heterocycles. The normalized spacial score (nSPS) is 10.8. The number of ether oxygens (including phenoxy) is 1. The van der Waals surface area contributed by atoms with Gasteiger partial charge >= 0.3 is 0 Å². The summed E-state index contributed by atoms with van der Waals surface area (Å²) in [6.07, 6.45) is 6.84. The van der Waals surface area contributed by atoms with Crippen LogP contribution in [0.5, 0.6) is 5.75 Å². The Morgan fingerprint density at radius 1 is 0.284 bits per heavy atom. The van der Waals surface area contributed by atoms with Gasteiger partial charge in [0.25, 0.3) is 0 Å². The van der Waals surface area contributed by atoms with Crippen molar-refractivity contribution < 1.29 is 13.6 Å². The van der Waals surface area contributed by atoms with Gasteiger partial charge < -0.3 is 18.1 Å². The molecule has 0 bridgehead atoms. The van der Waals surface area contributed by atoms with E-state index in [0.717, 1.165) is 50.1 Å². The van der Waals surface area contributed by atoms with Crippen LogP contribution in [-0.4, -0.2) is 31.6 Å². The minimum Gasteiger partial charge on any atom is -0.497 e. The Labute approximate surface area is 554 Å². The maximum absolute atomic E-state index is 5.73. The van der Waals surface area contributed by atoms with Gasteiger partial charge in [0.15, 0.2) is 0 Å². The number of hydrogen-bond acceptors (Lipinski definition) is 7. The molecule has 95 heavy (non-hydrogen) atoms. The van der Waals surface area contributed by atoms with Crippen LogP contribution in [0.4, 0.5) is 0 Å². The zero-order valence-corrected chi connectivity index (χ0v) is 55.2. The van der Waals surface area contributed by atoms with Gasteiger partial charge in [-0.05, 0) is 195 Å². The van der Waals surface area contributed by atoms with E-state index < -0.39 is 0 Å². The van der Waals surface area contributed by atoms with Crippen LogP contribution in [0, 0.1) is 55.4 Å². The number of para-hydroxylation sites is 5. The van der Waals surface area contributed by atoms with Crippen LogP contribution in [-0.2, 0) is 0 Å². The van der Waals surface area contributed by atoms with Gasteiger partial charge in [-0.1, -0.05) is 193 Å². The molecule has 0 atom stereocenters. The molecule has 0 spiro atoms. The average molecular weight is 1240 g/mol. The third kappa shape index (κ3) is 14.8. The largest absolute Gasteiger partial charge is 0.497 e. The topological polar surface area (TPSA) is 92.0 Å². The zero-order chi connectivity index (χ0) is 65.8. The summed E-state index contributed by atoms with van der Waals surface area (Å²) in [6, 6.07) is 92.2. The molecule has 5 aromatic heterocycles. The van der Waals surface area contributed by atoms with Crippen LogP contribution in [0.1, 0.15) is 44.5 Å². The van der Waals surface area contributed by atoms with E-state index in [-0.39, 0.29) is 0 Å². The number of benzene rings is 13. The lowest BCUT2D eigenvalue weighted by Gasteiger charge is -2.07. The van der Waals surface area contributed by atoms with Crippen LogP contribution in [0.15, 0.2) is 301 Å². The van der Waals surface area contributed by atoms with Gasteiger partial charge in [0, 0.05) is 62.8 Å². The maximum Gasteiger partial charge on any atom is 0.135 e. The fourth-order valence-corrected chi connectivity index (χ4v) is 11.9. The lowest BCUT2D eigenvalue weighted by atomic mass is 10.0. The first-order valence-corrected chi connectivity index (χ1v) is 32.0. The molecule has 0 saturated heterocycles. The van der Waals surface area contributed by atoms with Gasteiger partial charge in [-0.25, -0.2) is 0 Å². The summed E-state index contributed by atoms with van der Waals surface area (Å²) < 4.78 is 18.9. The minimum atomic E-state index is 0.913. The van der Waals surface area contributed by atoms with Crippen molar-refractivity contribution in [1.29, 1.82) is 0 Å². The Morgan fingerprint density at radius 2 is 0.768 bits per heavy atom. The molecule has 0 amide bonds. The molecule has 8 heteroatoms. The molecule has 0 aliphatic rings. The van der Waals surface area contributed by atoms with E-state index >= 15 is 0 Å². The van der Waals surface area contributed by atoms with Gasteiger partial charge in [0.05, 0.1) is 40.2 Å². The number of hydrogen-bond donors (Lipinski definition) is 0.